The average molecular weight is 282 g/mol. The van der Waals surface area contributed by atoms with E-state index in [1.807, 2.05) is 6.20 Å². The molecule has 1 heterocycles. The van der Waals surface area contributed by atoms with Gasteiger partial charge in [0, 0.05) is 18.4 Å². The number of imidazole rings is 1. The van der Waals surface area contributed by atoms with E-state index in [4.69, 9.17) is 5.11 Å². The van der Waals surface area contributed by atoms with Crippen molar-refractivity contribution in [1.82, 2.24) is 9.55 Å². The van der Waals surface area contributed by atoms with E-state index < -0.39 is 5.97 Å². The number of hydrogen-bond acceptors (Lipinski definition) is 3. The molecule has 1 N–H and O–H groups in total. The summed E-state index contributed by atoms with van der Waals surface area (Å²) in [7, 11) is 0. The Labute approximate surface area is 118 Å². The molecule has 1 aliphatic rings. The summed E-state index contributed by atoms with van der Waals surface area (Å²) in [5, 5.41) is 9.64. The molecule has 0 bridgehead atoms. The number of carboxylic acid groups (broad SMARTS) is 1. The van der Waals surface area contributed by atoms with Gasteiger partial charge in [-0.15, -0.1) is 0 Å². The monoisotopic (exact) mass is 282 g/mol. The highest BCUT2D eigenvalue weighted by Crippen LogP contribution is 2.31. The van der Waals surface area contributed by atoms with Crippen LogP contribution in [0.3, 0.4) is 0 Å². The first-order valence-corrected chi connectivity index (χ1v) is 7.96. The largest absolute Gasteiger partial charge is 0.481 e. The van der Waals surface area contributed by atoms with Crippen LogP contribution in [0.15, 0.2) is 11.4 Å². The Hall–Kier alpha value is -0.970. The molecule has 19 heavy (non-hydrogen) atoms. The van der Waals surface area contributed by atoms with Gasteiger partial charge in [0.2, 0.25) is 0 Å². The highest BCUT2D eigenvalue weighted by Gasteiger charge is 2.19. The lowest BCUT2D eigenvalue weighted by atomic mass is 9.83. The number of rotatable bonds is 7. The standard InChI is InChI=1S/C14H22N2O2S/c1-10(2)12-8-15-14(19-9-13(17)18)16(12)7-6-11-4-3-5-11/h8,10-11H,3-7,9H2,1-2H3,(H,17,18). The SMILES string of the molecule is CC(C)c1cnc(SCC(=O)O)n1CCC1CCC1. The molecule has 0 atom stereocenters. The summed E-state index contributed by atoms with van der Waals surface area (Å²) in [4.78, 5) is 15.1. The predicted molar refractivity (Wildman–Crippen MR) is 76.6 cm³/mol. The van der Waals surface area contributed by atoms with Gasteiger partial charge in [0.1, 0.15) is 0 Å². The molecular weight excluding hydrogens is 260 g/mol. The second-order valence-electron chi connectivity index (χ2n) is 5.54. The quantitative estimate of drug-likeness (QED) is 0.779. The van der Waals surface area contributed by atoms with Gasteiger partial charge in [0.25, 0.3) is 0 Å². The second-order valence-corrected chi connectivity index (χ2v) is 6.48. The van der Waals surface area contributed by atoms with Crippen LogP contribution in [0.1, 0.15) is 51.1 Å². The molecule has 0 radical (unpaired) electrons. The first kappa shape index (κ1) is 14.4. The maximum atomic E-state index is 10.7. The van der Waals surface area contributed by atoms with Gasteiger partial charge >= 0.3 is 5.97 Å². The highest BCUT2D eigenvalue weighted by molar-refractivity contribution is 7.99. The van der Waals surface area contributed by atoms with E-state index in [9.17, 15) is 4.79 Å². The molecule has 0 amide bonds. The molecule has 1 fully saturated rings. The van der Waals surface area contributed by atoms with E-state index >= 15 is 0 Å². The van der Waals surface area contributed by atoms with Crippen LogP contribution in [0.5, 0.6) is 0 Å². The maximum Gasteiger partial charge on any atom is 0.313 e. The molecule has 0 spiro atoms. The fraction of sp³-hybridized carbons (Fsp3) is 0.714. The van der Waals surface area contributed by atoms with Gasteiger partial charge in [-0.05, 0) is 18.3 Å². The van der Waals surface area contributed by atoms with E-state index in [0.29, 0.717) is 5.92 Å². The number of nitrogens with zero attached hydrogens (tertiary/aromatic N) is 2. The average Bonchev–Trinajstić information content (AvgIpc) is 2.67. The minimum atomic E-state index is -0.787. The lowest BCUT2D eigenvalue weighted by Gasteiger charge is -2.26. The fourth-order valence-corrected chi connectivity index (χ4v) is 3.12. The Morgan fingerprint density at radius 1 is 1.58 bits per heavy atom. The Kier molecular flexibility index (Phi) is 4.91. The molecule has 1 aliphatic carbocycles. The Balaban J connectivity index is 2.05. The normalized spacial score (nSPS) is 15.7. The number of carboxylic acids is 1. The van der Waals surface area contributed by atoms with E-state index in [0.717, 1.165) is 17.6 Å². The second kappa shape index (κ2) is 6.46. The number of carbonyl (C=O) groups is 1. The summed E-state index contributed by atoms with van der Waals surface area (Å²) >= 11 is 1.32. The number of aliphatic carboxylic acids is 1. The Morgan fingerprint density at radius 2 is 2.32 bits per heavy atom. The molecule has 106 valence electrons. The third-order valence-electron chi connectivity index (χ3n) is 3.75. The number of thioether (sulfide) groups is 1. The topological polar surface area (TPSA) is 55.1 Å². The van der Waals surface area contributed by atoms with Gasteiger partial charge in [-0.1, -0.05) is 44.9 Å². The molecule has 0 aliphatic heterocycles. The van der Waals surface area contributed by atoms with E-state index in [1.165, 1.54) is 43.1 Å². The molecule has 5 heteroatoms. The van der Waals surface area contributed by atoms with Crippen LogP contribution in [-0.2, 0) is 11.3 Å². The summed E-state index contributed by atoms with van der Waals surface area (Å²) in [6, 6.07) is 0. The first-order chi connectivity index (χ1) is 9.08. The van der Waals surface area contributed by atoms with Crippen molar-refractivity contribution in [2.75, 3.05) is 5.75 Å². The Bertz CT molecular complexity index is 439. The zero-order chi connectivity index (χ0) is 13.8. The van der Waals surface area contributed by atoms with Crippen molar-refractivity contribution in [1.29, 1.82) is 0 Å². The number of hydrogen-bond donors (Lipinski definition) is 1. The number of aromatic nitrogens is 2. The van der Waals surface area contributed by atoms with E-state index in [-0.39, 0.29) is 5.75 Å². The van der Waals surface area contributed by atoms with Gasteiger partial charge in [-0.3, -0.25) is 4.79 Å². The molecule has 1 aromatic heterocycles. The van der Waals surface area contributed by atoms with E-state index in [1.54, 1.807) is 0 Å². The van der Waals surface area contributed by atoms with Crippen LogP contribution in [0.4, 0.5) is 0 Å². The van der Waals surface area contributed by atoms with Crippen molar-refractivity contribution in [2.24, 2.45) is 5.92 Å². The van der Waals surface area contributed by atoms with Gasteiger partial charge in [0.05, 0.1) is 5.75 Å². The first-order valence-electron chi connectivity index (χ1n) is 6.98. The van der Waals surface area contributed by atoms with Crippen molar-refractivity contribution in [3.05, 3.63) is 11.9 Å². The molecular formula is C14H22N2O2S. The highest BCUT2D eigenvalue weighted by atomic mass is 32.2. The van der Waals surface area contributed by atoms with Gasteiger partial charge in [0.15, 0.2) is 5.16 Å². The molecule has 1 aromatic rings. The lowest BCUT2D eigenvalue weighted by Crippen LogP contribution is -2.16. The maximum absolute atomic E-state index is 10.7. The minimum absolute atomic E-state index is 0.0813. The van der Waals surface area contributed by atoms with Crippen molar-refractivity contribution in [2.45, 2.75) is 57.1 Å². The predicted octanol–water partition coefficient (Wildman–Crippen LogP) is 3.37. The summed E-state index contributed by atoms with van der Waals surface area (Å²) in [5.74, 6) is 0.579. The summed E-state index contributed by atoms with van der Waals surface area (Å²) < 4.78 is 2.22. The van der Waals surface area contributed by atoms with Crippen molar-refractivity contribution in [3.8, 4) is 0 Å². The van der Waals surface area contributed by atoms with Crippen LogP contribution < -0.4 is 0 Å². The van der Waals surface area contributed by atoms with Crippen LogP contribution in [0, 0.1) is 5.92 Å². The van der Waals surface area contributed by atoms with Gasteiger partial charge < -0.3 is 9.67 Å². The van der Waals surface area contributed by atoms with Gasteiger partial charge in [-0.2, -0.15) is 0 Å². The fourth-order valence-electron chi connectivity index (χ4n) is 2.39. The zero-order valence-corrected chi connectivity index (χ0v) is 12.4. The van der Waals surface area contributed by atoms with Crippen molar-refractivity contribution < 1.29 is 9.90 Å². The van der Waals surface area contributed by atoms with Crippen LogP contribution >= 0.6 is 11.8 Å². The molecule has 0 saturated heterocycles. The Morgan fingerprint density at radius 3 is 2.84 bits per heavy atom. The summed E-state index contributed by atoms with van der Waals surface area (Å²) in [6.45, 7) is 5.28. The minimum Gasteiger partial charge on any atom is -0.481 e. The van der Waals surface area contributed by atoms with Crippen molar-refractivity contribution >= 4 is 17.7 Å². The molecule has 1 saturated carbocycles. The third kappa shape index (κ3) is 3.75. The van der Waals surface area contributed by atoms with Gasteiger partial charge in [-0.25, -0.2) is 4.98 Å². The van der Waals surface area contributed by atoms with E-state index in [2.05, 4.69) is 23.4 Å². The molecule has 2 rings (SSSR count). The molecule has 0 aromatic carbocycles. The molecule has 0 unspecified atom stereocenters. The van der Waals surface area contributed by atoms with Crippen LogP contribution in [-0.4, -0.2) is 26.4 Å². The summed E-state index contributed by atoms with van der Waals surface area (Å²) in [5.41, 5.74) is 1.22. The van der Waals surface area contributed by atoms with Crippen LogP contribution in [0.25, 0.3) is 0 Å². The smallest absolute Gasteiger partial charge is 0.313 e. The lowest BCUT2D eigenvalue weighted by molar-refractivity contribution is -0.133. The summed E-state index contributed by atoms with van der Waals surface area (Å²) in [6.07, 6.45) is 7.16. The van der Waals surface area contributed by atoms with Crippen LogP contribution in [0.2, 0.25) is 0 Å². The molecule has 4 nitrogen and oxygen atoms in total. The van der Waals surface area contributed by atoms with Crippen molar-refractivity contribution in [3.63, 3.8) is 0 Å². The zero-order valence-electron chi connectivity index (χ0n) is 11.6. The third-order valence-corrected chi connectivity index (χ3v) is 4.73.